The number of rotatable bonds is 13. The van der Waals surface area contributed by atoms with E-state index < -0.39 is 5.25 Å². The SMILES string of the molecule is CCCCc1nc(Cl)c(CNC(=O)C(Cc2ccccc2)SC(C)=O)n1Cc1ccc(-c2ccccc2-c2nn[nH]n2)cc1. The van der Waals surface area contributed by atoms with Gasteiger partial charge in [-0.05, 0) is 40.3 Å². The Morgan fingerprint density at radius 1 is 0.977 bits per heavy atom. The molecule has 0 radical (unpaired) electrons. The van der Waals surface area contributed by atoms with Gasteiger partial charge in [-0.1, -0.05) is 116 Å². The zero-order chi connectivity index (χ0) is 30.9. The molecule has 44 heavy (non-hydrogen) atoms. The van der Waals surface area contributed by atoms with Crippen molar-refractivity contribution in [3.05, 3.63) is 107 Å². The van der Waals surface area contributed by atoms with Crippen molar-refractivity contribution in [2.45, 2.75) is 57.9 Å². The molecule has 0 aliphatic heterocycles. The Bertz CT molecular complexity index is 1690. The normalized spacial score (nSPS) is 11.8. The number of nitrogens with one attached hydrogen (secondary N) is 2. The maximum atomic E-state index is 13.3. The molecule has 0 spiro atoms. The zero-order valence-corrected chi connectivity index (χ0v) is 26.2. The van der Waals surface area contributed by atoms with Crippen LogP contribution in [-0.4, -0.2) is 46.4 Å². The number of nitrogens with zero attached hydrogens (tertiary/aromatic N) is 5. The highest BCUT2D eigenvalue weighted by Crippen LogP contribution is 2.30. The fourth-order valence-electron chi connectivity index (χ4n) is 5.07. The number of aryl methyl sites for hydroxylation is 1. The molecule has 0 bridgehead atoms. The van der Waals surface area contributed by atoms with Crippen LogP contribution in [-0.2, 0) is 35.5 Å². The lowest BCUT2D eigenvalue weighted by atomic mass is 9.98. The quantitative estimate of drug-likeness (QED) is 0.158. The lowest BCUT2D eigenvalue weighted by molar-refractivity contribution is -0.121. The third-order valence-corrected chi connectivity index (χ3v) is 8.57. The number of tetrazole rings is 1. The van der Waals surface area contributed by atoms with Crippen molar-refractivity contribution in [3.63, 3.8) is 0 Å². The number of thioether (sulfide) groups is 1. The van der Waals surface area contributed by atoms with Gasteiger partial charge in [0, 0.05) is 25.5 Å². The van der Waals surface area contributed by atoms with Crippen molar-refractivity contribution in [1.82, 2.24) is 35.5 Å². The molecule has 5 aromatic rings. The second-order valence-corrected chi connectivity index (χ2v) is 12.2. The van der Waals surface area contributed by atoms with Crippen molar-refractivity contribution in [2.24, 2.45) is 0 Å². The molecular weight excluding hydrogens is 594 g/mol. The average Bonchev–Trinajstić information content (AvgIpc) is 3.67. The Labute approximate surface area is 265 Å². The predicted octanol–water partition coefficient (Wildman–Crippen LogP) is 6.28. The summed E-state index contributed by atoms with van der Waals surface area (Å²) in [6.45, 7) is 4.38. The molecule has 5 rings (SSSR count). The van der Waals surface area contributed by atoms with Gasteiger partial charge in [0.05, 0.1) is 17.5 Å². The van der Waals surface area contributed by atoms with Gasteiger partial charge in [0.25, 0.3) is 0 Å². The number of amides is 1. The number of unbranched alkanes of at least 4 members (excludes halogenated alkanes) is 1. The van der Waals surface area contributed by atoms with E-state index in [4.69, 9.17) is 11.6 Å². The highest BCUT2D eigenvalue weighted by Gasteiger charge is 2.23. The molecule has 1 unspecified atom stereocenters. The first-order chi connectivity index (χ1) is 21.4. The number of benzene rings is 3. The van der Waals surface area contributed by atoms with Crippen LogP contribution >= 0.6 is 23.4 Å². The van der Waals surface area contributed by atoms with E-state index in [9.17, 15) is 9.59 Å². The van der Waals surface area contributed by atoms with Gasteiger partial charge in [0.15, 0.2) is 10.3 Å². The molecule has 3 aromatic carbocycles. The summed E-state index contributed by atoms with van der Waals surface area (Å²) in [5.41, 5.74) is 5.73. The molecule has 2 N–H and O–H groups in total. The Morgan fingerprint density at radius 3 is 2.39 bits per heavy atom. The average molecular weight is 628 g/mol. The Hall–Kier alpha value is -4.28. The number of halogens is 1. The Balaban J connectivity index is 1.36. The molecular formula is C33H34ClN7O2S. The van der Waals surface area contributed by atoms with Crippen molar-refractivity contribution in [1.29, 1.82) is 0 Å². The molecule has 2 heterocycles. The highest BCUT2D eigenvalue weighted by molar-refractivity contribution is 8.14. The Kier molecular flexibility index (Phi) is 10.6. The van der Waals surface area contributed by atoms with Crippen molar-refractivity contribution in [3.8, 4) is 22.5 Å². The van der Waals surface area contributed by atoms with E-state index in [1.807, 2.05) is 54.6 Å². The van der Waals surface area contributed by atoms with E-state index in [1.54, 1.807) is 0 Å². The molecule has 0 saturated carbocycles. The summed E-state index contributed by atoms with van der Waals surface area (Å²) in [5.74, 6) is 1.21. The van der Waals surface area contributed by atoms with Crippen molar-refractivity contribution >= 4 is 34.4 Å². The number of aromatic nitrogens is 6. The second-order valence-electron chi connectivity index (χ2n) is 10.4. The number of carbonyl (C=O) groups is 2. The minimum absolute atomic E-state index is 0.102. The second kappa shape index (κ2) is 14.9. The van der Waals surface area contributed by atoms with Crippen molar-refractivity contribution in [2.75, 3.05) is 0 Å². The van der Waals surface area contributed by atoms with Gasteiger partial charge < -0.3 is 9.88 Å². The summed E-state index contributed by atoms with van der Waals surface area (Å²) in [6, 6.07) is 26.0. The minimum atomic E-state index is -0.549. The van der Waals surface area contributed by atoms with Gasteiger partial charge in [-0.15, -0.1) is 10.2 Å². The molecule has 226 valence electrons. The molecule has 0 aliphatic rings. The minimum Gasteiger partial charge on any atom is -0.349 e. The van der Waals surface area contributed by atoms with E-state index in [2.05, 4.69) is 66.7 Å². The van der Waals surface area contributed by atoms with Gasteiger partial charge in [-0.25, -0.2) is 4.98 Å². The summed E-state index contributed by atoms with van der Waals surface area (Å²) in [6.07, 6.45) is 3.22. The van der Waals surface area contributed by atoms with Crippen LogP contribution in [0.25, 0.3) is 22.5 Å². The maximum absolute atomic E-state index is 13.3. The third-order valence-electron chi connectivity index (χ3n) is 7.27. The van der Waals surface area contributed by atoms with Gasteiger partial charge in [0.2, 0.25) is 11.7 Å². The molecule has 0 fully saturated rings. The number of aromatic amines is 1. The molecule has 0 aliphatic carbocycles. The maximum Gasteiger partial charge on any atom is 0.234 e. The van der Waals surface area contributed by atoms with Gasteiger partial charge in [-0.3, -0.25) is 9.59 Å². The number of hydrogen-bond acceptors (Lipinski definition) is 7. The lowest BCUT2D eigenvalue weighted by Gasteiger charge is -2.17. The van der Waals surface area contributed by atoms with E-state index in [0.717, 1.165) is 70.4 Å². The monoisotopic (exact) mass is 627 g/mol. The summed E-state index contributed by atoms with van der Waals surface area (Å²) < 4.78 is 2.10. The highest BCUT2D eigenvalue weighted by atomic mass is 35.5. The topological polar surface area (TPSA) is 118 Å². The fraction of sp³-hybridized carbons (Fsp3) is 0.273. The van der Waals surface area contributed by atoms with Crippen LogP contribution in [0, 0.1) is 0 Å². The van der Waals surface area contributed by atoms with Gasteiger partial charge in [0.1, 0.15) is 5.82 Å². The number of hydrogen-bond donors (Lipinski definition) is 2. The fourth-order valence-corrected chi connectivity index (χ4v) is 6.20. The van der Waals surface area contributed by atoms with Crippen LogP contribution in [0.2, 0.25) is 5.15 Å². The third kappa shape index (κ3) is 7.81. The van der Waals surface area contributed by atoms with E-state index >= 15 is 0 Å². The first-order valence-corrected chi connectivity index (χ1v) is 15.8. The summed E-state index contributed by atoms with van der Waals surface area (Å²) in [4.78, 5) is 30.0. The number of carbonyl (C=O) groups excluding carboxylic acids is 2. The molecule has 1 amide bonds. The van der Waals surface area contributed by atoms with Crippen LogP contribution in [0.5, 0.6) is 0 Å². The lowest BCUT2D eigenvalue weighted by Crippen LogP contribution is -2.35. The van der Waals surface area contributed by atoms with Crippen molar-refractivity contribution < 1.29 is 9.59 Å². The van der Waals surface area contributed by atoms with Crippen LogP contribution in [0.1, 0.15) is 49.3 Å². The van der Waals surface area contributed by atoms with E-state index in [1.165, 1.54) is 6.92 Å². The van der Waals surface area contributed by atoms with Crippen LogP contribution in [0.3, 0.4) is 0 Å². The molecule has 2 aromatic heterocycles. The largest absolute Gasteiger partial charge is 0.349 e. The smallest absolute Gasteiger partial charge is 0.234 e. The molecule has 9 nitrogen and oxygen atoms in total. The summed E-state index contributed by atoms with van der Waals surface area (Å²) >= 11 is 7.73. The standard InChI is InChI=1S/C33H34ClN7O2S/c1-3-4-14-30-36-31(34)28(20-35-33(43)29(44-22(2)42)19-23-10-6-5-7-11-23)41(30)21-24-15-17-25(18-16-24)26-12-8-9-13-27(26)32-37-39-40-38-32/h5-13,15-18,29H,3-4,14,19-21H2,1-2H3,(H,35,43)(H,37,38,39,40). The zero-order valence-electron chi connectivity index (χ0n) is 24.7. The number of H-pyrrole nitrogens is 1. The van der Waals surface area contributed by atoms with E-state index in [0.29, 0.717) is 23.9 Å². The number of imidazole rings is 1. The van der Waals surface area contributed by atoms with Crippen LogP contribution in [0.4, 0.5) is 0 Å². The van der Waals surface area contributed by atoms with Gasteiger partial charge >= 0.3 is 0 Å². The molecule has 1 atom stereocenters. The predicted molar refractivity (Wildman–Crippen MR) is 174 cm³/mol. The van der Waals surface area contributed by atoms with E-state index in [-0.39, 0.29) is 17.6 Å². The first-order valence-electron chi connectivity index (χ1n) is 14.6. The molecule has 11 heteroatoms. The summed E-state index contributed by atoms with van der Waals surface area (Å²) in [5, 5.41) is 17.3. The molecule has 0 saturated heterocycles. The van der Waals surface area contributed by atoms with Crippen LogP contribution in [0.15, 0.2) is 78.9 Å². The first kappa shape index (κ1) is 31.2. The van der Waals surface area contributed by atoms with Crippen LogP contribution < -0.4 is 5.32 Å². The Morgan fingerprint density at radius 2 is 1.70 bits per heavy atom. The van der Waals surface area contributed by atoms with Gasteiger partial charge in [-0.2, -0.15) is 5.21 Å². The summed E-state index contributed by atoms with van der Waals surface area (Å²) in [7, 11) is 0.